The van der Waals surface area contributed by atoms with E-state index in [-0.39, 0.29) is 6.04 Å². The van der Waals surface area contributed by atoms with Crippen molar-refractivity contribution in [2.24, 2.45) is 10.9 Å². The highest BCUT2D eigenvalue weighted by Crippen LogP contribution is 2.14. The van der Waals surface area contributed by atoms with E-state index in [0.717, 1.165) is 77.6 Å². The van der Waals surface area contributed by atoms with Gasteiger partial charge in [-0.3, -0.25) is 4.99 Å². The molecule has 1 amide bonds. The van der Waals surface area contributed by atoms with E-state index >= 15 is 0 Å². The summed E-state index contributed by atoms with van der Waals surface area (Å²) in [7, 11) is 0. The molecule has 1 unspecified atom stereocenters. The Hall–Kier alpha value is -1.54. The molecule has 1 aliphatic rings. The molecular formula is C22H44N4O4. The minimum Gasteiger partial charge on any atom is -0.444 e. The number of hydrogen-bond acceptors (Lipinski definition) is 5. The molecule has 176 valence electrons. The maximum Gasteiger partial charge on any atom is 0.407 e. The summed E-state index contributed by atoms with van der Waals surface area (Å²) < 4.78 is 16.6. The molecule has 0 aromatic carbocycles. The molecule has 1 fully saturated rings. The molecule has 3 N–H and O–H groups in total. The quantitative estimate of drug-likeness (QED) is 0.251. The topological polar surface area (TPSA) is 93.2 Å². The lowest BCUT2D eigenvalue weighted by Gasteiger charge is -2.23. The van der Waals surface area contributed by atoms with Crippen LogP contribution < -0.4 is 16.0 Å². The smallest absolute Gasteiger partial charge is 0.407 e. The van der Waals surface area contributed by atoms with Gasteiger partial charge in [0.2, 0.25) is 0 Å². The minimum atomic E-state index is -0.507. The summed E-state index contributed by atoms with van der Waals surface area (Å²) >= 11 is 0. The van der Waals surface area contributed by atoms with Crippen molar-refractivity contribution in [2.45, 2.75) is 78.4 Å². The first kappa shape index (κ1) is 26.5. The zero-order valence-electron chi connectivity index (χ0n) is 19.7. The van der Waals surface area contributed by atoms with Crippen LogP contribution in [0, 0.1) is 5.92 Å². The number of rotatable bonds is 12. The summed E-state index contributed by atoms with van der Waals surface area (Å²) in [5, 5.41) is 9.53. The van der Waals surface area contributed by atoms with Crippen LogP contribution >= 0.6 is 0 Å². The molecule has 1 aliphatic heterocycles. The van der Waals surface area contributed by atoms with Crippen LogP contribution in [0.15, 0.2) is 4.99 Å². The second kappa shape index (κ2) is 15.3. The molecule has 0 spiro atoms. The highest BCUT2D eigenvalue weighted by atomic mass is 16.6. The molecule has 30 heavy (non-hydrogen) atoms. The molecule has 0 aromatic heterocycles. The maximum atomic E-state index is 12.1. The lowest BCUT2D eigenvalue weighted by molar-refractivity contribution is 0.0203. The summed E-state index contributed by atoms with van der Waals surface area (Å²) in [6.45, 7) is 15.1. The fourth-order valence-electron chi connectivity index (χ4n) is 3.12. The molecular weight excluding hydrogens is 384 g/mol. The number of amides is 1. The summed E-state index contributed by atoms with van der Waals surface area (Å²) in [6, 6.07) is -0.0527. The highest BCUT2D eigenvalue weighted by Gasteiger charge is 2.19. The van der Waals surface area contributed by atoms with E-state index in [1.165, 1.54) is 0 Å². The molecule has 1 rings (SSSR count). The largest absolute Gasteiger partial charge is 0.444 e. The van der Waals surface area contributed by atoms with Gasteiger partial charge in [0.15, 0.2) is 5.96 Å². The van der Waals surface area contributed by atoms with Gasteiger partial charge in [0.05, 0.1) is 12.6 Å². The van der Waals surface area contributed by atoms with Crippen LogP contribution in [-0.4, -0.2) is 69.8 Å². The maximum absolute atomic E-state index is 12.1. The number of carbonyl (C=O) groups excluding carboxylic acids is 1. The van der Waals surface area contributed by atoms with E-state index < -0.39 is 11.7 Å². The predicted molar refractivity (Wildman–Crippen MR) is 121 cm³/mol. The molecule has 1 heterocycles. The molecule has 0 aromatic rings. The first-order valence-corrected chi connectivity index (χ1v) is 11.5. The van der Waals surface area contributed by atoms with E-state index in [1.807, 2.05) is 27.7 Å². The van der Waals surface area contributed by atoms with Crippen molar-refractivity contribution >= 4 is 12.1 Å². The highest BCUT2D eigenvalue weighted by molar-refractivity contribution is 5.79. The van der Waals surface area contributed by atoms with Gasteiger partial charge >= 0.3 is 6.09 Å². The van der Waals surface area contributed by atoms with Gasteiger partial charge in [-0.25, -0.2) is 4.79 Å². The van der Waals surface area contributed by atoms with Gasteiger partial charge in [-0.15, -0.1) is 0 Å². The predicted octanol–water partition coefficient (Wildman–Crippen LogP) is 3.07. The van der Waals surface area contributed by atoms with E-state index in [4.69, 9.17) is 14.2 Å². The van der Waals surface area contributed by atoms with Gasteiger partial charge in [-0.1, -0.05) is 13.3 Å². The Bertz CT molecular complexity index is 488. The van der Waals surface area contributed by atoms with Gasteiger partial charge in [-0.2, -0.15) is 0 Å². The van der Waals surface area contributed by atoms with Crippen molar-refractivity contribution in [3.63, 3.8) is 0 Å². The number of aliphatic imine (C=N–C) groups is 1. The van der Waals surface area contributed by atoms with Crippen molar-refractivity contribution in [3.05, 3.63) is 0 Å². The first-order chi connectivity index (χ1) is 14.3. The molecule has 0 aliphatic carbocycles. The van der Waals surface area contributed by atoms with Gasteiger partial charge in [-0.05, 0) is 59.3 Å². The van der Waals surface area contributed by atoms with E-state index in [1.54, 1.807) is 0 Å². The standard InChI is InChI=1S/C22H44N4O4/c1-6-9-19(26-21(27)30-22(3,4)5)16-25-20(23-7-2)24-12-8-13-29-17-18-10-14-28-15-11-18/h18-19H,6-17H2,1-5H3,(H,26,27)(H2,23,24,25). The lowest BCUT2D eigenvalue weighted by atomic mass is 10.0. The van der Waals surface area contributed by atoms with Gasteiger partial charge in [0.25, 0.3) is 0 Å². The third kappa shape index (κ3) is 13.6. The molecule has 0 saturated carbocycles. The van der Waals surface area contributed by atoms with Gasteiger partial charge in [0.1, 0.15) is 5.60 Å². The Kier molecular flexibility index (Phi) is 13.5. The third-order valence-electron chi connectivity index (χ3n) is 4.62. The second-order valence-electron chi connectivity index (χ2n) is 8.76. The number of carbonyl (C=O) groups is 1. The molecule has 0 radical (unpaired) electrons. The number of nitrogens with zero attached hydrogens (tertiary/aromatic N) is 1. The Balaban J connectivity index is 2.33. The van der Waals surface area contributed by atoms with Crippen molar-refractivity contribution < 1.29 is 19.0 Å². The van der Waals surface area contributed by atoms with Gasteiger partial charge in [0, 0.05) is 39.5 Å². The Morgan fingerprint density at radius 1 is 1.20 bits per heavy atom. The van der Waals surface area contributed by atoms with E-state index in [2.05, 4.69) is 27.9 Å². The zero-order chi connectivity index (χ0) is 22.2. The average molecular weight is 429 g/mol. The normalized spacial score (nSPS) is 16.8. The third-order valence-corrected chi connectivity index (χ3v) is 4.62. The Labute approximate surface area is 182 Å². The summed E-state index contributed by atoms with van der Waals surface area (Å²) in [5.74, 6) is 1.40. The van der Waals surface area contributed by atoms with Crippen LogP contribution in [0.2, 0.25) is 0 Å². The summed E-state index contributed by atoms with van der Waals surface area (Å²) in [5.41, 5.74) is -0.507. The molecule has 1 atom stereocenters. The zero-order valence-corrected chi connectivity index (χ0v) is 19.7. The average Bonchev–Trinajstić information content (AvgIpc) is 2.68. The number of hydrogen-bond donors (Lipinski definition) is 3. The molecule has 1 saturated heterocycles. The van der Waals surface area contributed by atoms with Crippen molar-refractivity contribution in [1.29, 1.82) is 0 Å². The van der Waals surface area contributed by atoms with Crippen LogP contribution in [0.4, 0.5) is 4.79 Å². The van der Waals surface area contributed by atoms with Crippen molar-refractivity contribution in [3.8, 4) is 0 Å². The summed E-state index contributed by atoms with van der Waals surface area (Å²) in [6.07, 6.45) is 4.54. The second-order valence-corrected chi connectivity index (χ2v) is 8.76. The fraction of sp³-hybridized carbons (Fsp3) is 0.909. The summed E-state index contributed by atoms with van der Waals surface area (Å²) in [4.78, 5) is 16.7. The Morgan fingerprint density at radius 3 is 2.57 bits per heavy atom. The van der Waals surface area contributed by atoms with Crippen molar-refractivity contribution in [2.75, 3.05) is 46.1 Å². The monoisotopic (exact) mass is 428 g/mol. The number of ether oxygens (including phenoxy) is 3. The SMILES string of the molecule is CCCC(CN=C(NCC)NCCCOCC1CCOCC1)NC(=O)OC(C)(C)C. The lowest BCUT2D eigenvalue weighted by Crippen LogP contribution is -2.42. The molecule has 8 heteroatoms. The number of nitrogens with one attached hydrogen (secondary N) is 3. The van der Waals surface area contributed by atoms with Crippen LogP contribution in [0.25, 0.3) is 0 Å². The van der Waals surface area contributed by atoms with Crippen molar-refractivity contribution in [1.82, 2.24) is 16.0 Å². The minimum absolute atomic E-state index is 0.0527. The Morgan fingerprint density at radius 2 is 1.93 bits per heavy atom. The van der Waals surface area contributed by atoms with Crippen LogP contribution in [0.1, 0.15) is 66.7 Å². The number of alkyl carbamates (subject to hydrolysis) is 1. The van der Waals surface area contributed by atoms with Crippen LogP contribution in [0.3, 0.4) is 0 Å². The van der Waals surface area contributed by atoms with E-state index in [9.17, 15) is 4.79 Å². The van der Waals surface area contributed by atoms with Crippen LogP contribution in [0.5, 0.6) is 0 Å². The van der Waals surface area contributed by atoms with Crippen LogP contribution in [-0.2, 0) is 14.2 Å². The number of guanidine groups is 1. The molecule has 8 nitrogen and oxygen atoms in total. The first-order valence-electron chi connectivity index (χ1n) is 11.5. The van der Waals surface area contributed by atoms with E-state index in [0.29, 0.717) is 12.5 Å². The molecule has 0 bridgehead atoms. The van der Waals surface area contributed by atoms with Gasteiger partial charge < -0.3 is 30.2 Å². The fourth-order valence-corrected chi connectivity index (χ4v) is 3.12.